The number of furan rings is 1. The van der Waals surface area contributed by atoms with Crippen molar-refractivity contribution in [1.82, 2.24) is 0 Å². The molecule has 0 aliphatic heterocycles. The fraction of sp³-hybridized carbons (Fsp3) is 0.158. The molecule has 128 valence electrons. The molecule has 3 aromatic rings. The van der Waals surface area contributed by atoms with Crippen LogP contribution in [0.2, 0.25) is 0 Å². The summed E-state index contributed by atoms with van der Waals surface area (Å²) < 4.78 is 5.56. The van der Waals surface area contributed by atoms with Gasteiger partial charge in [0.15, 0.2) is 0 Å². The van der Waals surface area contributed by atoms with E-state index in [1.165, 1.54) is 0 Å². The molecule has 6 heteroatoms. The Labute approximate surface area is 145 Å². The van der Waals surface area contributed by atoms with E-state index < -0.39 is 6.03 Å². The van der Waals surface area contributed by atoms with Crippen molar-refractivity contribution >= 4 is 34.3 Å². The molecule has 0 saturated carbocycles. The van der Waals surface area contributed by atoms with Gasteiger partial charge in [-0.05, 0) is 61.4 Å². The zero-order valence-corrected chi connectivity index (χ0v) is 14.1. The van der Waals surface area contributed by atoms with Gasteiger partial charge in [0.1, 0.15) is 5.58 Å². The minimum absolute atomic E-state index is 0.142. The number of amides is 3. The van der Waals surface area contributed by atoms with Crippen molar-refractivity contribution < 1.29 is 14.0 Å². The van der Waals surface area contributed by atoms with Crippen LogP contribution in [0, 0.1) is 13.8 Å². The molecule has 0 atom stereocenters. The maximum absolute atomic E-state index is 12.3. The highest BCUT2D eigenvalue weighted by Crippen LogP contribution is 2.25. The first kappa shape index (κ1) is 16.6. The maximum Gasteiger partial charge on any atom is 0.316 e. The minimum atomic E-state index is -0.630. The normalized spacial score (nSPS) is 10.6. The lowest BCUT2D eigenvalue weighted by Gasteiger charge is -2.07. The fourth-order valence-corrected chi connectivity index (χ4v) is 2.63. The summed E-state index contributed by atoms with van der Waals surface area (Å²) in [7, 11) is 0. The number of carbonyl (C=O) groups is 2. The summed E-state index contributed by atoms with van der Waals surface area (Å²) in [6, 6.07) is 10.1. The molecule has 2 aromatic carbocycles. The SMILES string of the molecule is Cc1cc2occ(CC(=O)Nc3ccc(NC(N)=O)cc3)c2cc1C. The highest BCUT2D eigenvalue weighted by atomic mass is 16.3. The van der Waals surface area contributed by atoms with E-state index in [2.05, 4.69) is 10.6 Å². The number of aryl methyl sites for hydroxylation is 2. The average molecular weight is 337 g/mol. The predicted octanol–water partition coefficient (Wildman–Crippen LogP) is 3.72. The van der Waals surface area contributed by atoms with Crippen LogP contribution in [0.1, 0.15) is 16.7 Å². The Bertz CT molecular complexity index is 942. The molecule has 1 aromatic heterocycles. The summed E-state index contributed by atoms with van der Waals surface area (Å²) in [6.45, 7) is 4.06. The number of carbonyl (C=O) groups excluding carboxylic acids is 2. The second-order valence-corrected chi connectivity index (χ2v) is 5.99. The second-order valence-electron chi connectivity index (χ2n) is 5.99. The van der Waals surface area contributed by atoms with Gasteiger partial charge in [-0.15, -0.1) is 0 Å². The van der Waals surface area contributed by atoms with Gasteiger partial charge < -0.3 is 20.8 Å². The number of hydrogen-bond acceptors (Lipinski definition) is 3. The van der Waals surface area contributed by atoms with Crippen molar-refractivity contribution in [2.24, 2.45) is 5.73 Å². The third kappa shape index (κ3) is 3.80. The van der Waals surface area contributed by atoms with Gasteiger partial charge in [0.25, 0.3) is 0 Å². The van der Waals surface area contributed by atoms with Gasteiger partial charge in [-0.25, -0.2) is 4.79 Å². The van der Waals surface area contributed by atoms with Crippen molar-refractivity contribution in [2.75, 3.05) is 10.6 Å². The number of nitrogens with one attached hydrogen (secondary N) is 2. The van der Waals surface area contributed by atoms with E-state index in [1.54, 1.807) is 30.5 Å². The van der Waals surface area contributed by atoms with Crippen molar-refractivity contribution in [2.45, 2.75) is 20.3 Å². The Balaban J connectivity index is 1.70. The van der Waals surface area contributed by atoms with Gasteiger partial charge in [-0.1, -0.05) is 0 Å². The Morgan fingerprint density at radius 3 is 2.24 bits per heavy atom. The Hall–Kier alpha value is -3.28. The van der Waals surface area contributed by atoms with Gasteiger partial charge in [0.05, 0.1) is 12.7 Å². The lowest BCUT2D eigenvalue weighted by atomic mass is 10.0. The number of nitrogens with two attached hydrogens (primary N) is 1. The molecule has 0 bridgehead atoms. The highest BCUT2D eigenvalue weighted by Gasteiger charge is 2.12. The average Bonchev–Trinajstić information content (AvgIpc) is 2.91. The van der Waals surface area contributed by atoms with Crippen LogP contribution in [0.4, 0.5) is 16.2 Å². The lowest BCUT2D eigenvalue weighted by Crippen LogP contribution is -2.19. The maximum atomic E-state index is 12.3. The molecule has 0 radical (unpaired) electrons. The van der Waals surface area contributed by atoms with E-state index in [0.717, 1.165) is 27.7 Å². The molecule has 0 spiro atoms. The number of urea groups is 1. The topological polar surface area (TPSA) is 97.4 Å². The molecular formula is C19H19N3O3. The largest absolute Gasteiger partial charge is 0.464 e. The van der Waals surface area contributed by atoms with E-state index in [9.17, 15) is 9.59 Å². The van der Waals surface area contributed by atoms with Crippen molar-refractivity contribution in [3.63, 3.8) is 0 Å². The summed E-state index contributed by atoms with van der Waals surface area (Å²) in [5.41, 5.74) is 10.2. The number of benzene rings is 2. The van der Waals surface area contributed by atoms with Crippen LogP contribution in [0.3, 0.4) is 0 Å². The zero-order valence-electron chi connectivity index (χ0n) is 14.1. The van der Waals surface area contributed by atoms with Crippen molar-refractivity contribution in [3.8, 4) is 0 Å². The van der Waals surface area contributed by atoms with Crippen LogP contribution in [0.15, 0.2) is 47.1 Å². The second kappa shape index (κ2) is 6.68. The summed E-state index contributed by atoms with van der Waals surface area (Å²) in [5.74, 6) is -0.142. The van der Waals surface area contributed by atoms with Crippen LogP contribution in [0.5, 0.6) is 0 Å². The van der Waals surface area contributed by atoms with Crippen LogP contribution >= 0.6 is 0 Å². The minimum Gasteiger partial charge on any atom is -0.464 e. The summed E-state index contributed by atoms with van der Waals surface area (Å²) in [4.78, 5) is 23.1. The third-order valence-electron chi connectivity index (χ3n) is 4.06. The number of hydrogen-bond donors (Lipinski definition) is 3. The first-order valence-corrected chi connectivity index (χ1v) is 7.86. The Kier molecular flexibility index (Phi) is 4.43. The molecule has 3 amide bonds. The van der Waals surface area contributed by atoms with E-state index in [-0.39, 0.29) is 12.3 Å². The molecule has 1 heterocycles. The number of anilines is 2. The molecular weight excluding hydrogens is 318 g/mol. The first-order valence-electron chi connectivity index (χ1n) is 7.86. The standard InChI is InChI=1S/C19H19N3O3/c1-11-7-16-13(10-25-17(16)8-12(11)2)9-18(23)21-14-3-5-15(6-4-14)22-19(20)24/h3-8,10H,9H2,1-2H3,(H,21,23)(H3,20,22,24). The molecule has 6 nitrogen and oxygen atoms in total. The fourth-order valence-electron chi connectivity index (χ4n) is 2.63. The predicted molar refractivity (Wildman–Crippen MR) is 97.7 cm³/mol. The Morgan fingerprint density at radius 2 is 1.60 bits per heavy atom. The lowest BCUT2D eigenvalue weighted by molar-refractivity contribution is -0.115. The van der Waals surface area contributed by atoms with Crippen LogP contribution in [-0.2, 0) is 11.2 Å². The monoisotopic (exact) mass is 337 g/mol. The molecule has 0 unspecified atom stereocenters. The van der Waals surface area contributed by atoms with Crippen molar-refractivity contribution in [3.05, 3.63) is 59.4 Å². The van der Waals surface area contributed by atoms with Crippen LogP contribution in [0.25, 0.3) is 11.0 Å². The molecule has 0 aliphatic rings. The van der Waals surface area contributed by atoms with Gasteiger partial charge in [0, 0.05) is 22.3 Å². The summed E-state index contributed by atoms with van der Waals surface area (Å²) >= 11 is 0. The molecule has 0 fully saturated rings. The van der Waals surface area contributed by atoms with E-state index in [1.807, 2.05) is 26.0 Å². The molecule has 4 N–H and O–H groups in total. The van der Waals surface area contributed by atoms with Gasteiger partial charge in [0.2, 0.25) is 5.91 Å². The van der Waals surface area contributed by atoms with E-state index in [0.29, 0.717) is 11.4 Å². The molecule has 25 heavy (non-hydrogen) atoms. The van der Waals surface area contributed by atoms with Gasteiger partial charge >= 0.3 is 6.03 Å². The van der Waals surface area contributed by atoms with Gasteiger partial charge in [-0.3, -0.25) is 4.79 Å². The van der Waals surface area contributed by atoms with Crippen LogP contribution < -0.4 is 16.4 Å². The summed E-state index contributed by atoms with van der Waals surface area (Å²) in [5, 5.41) is 6.25. The number of primary amides is 1. The third-order valence-corrected chi connectivity index (χ3v) is 4.06. The first-order chi connectivity index (χ1) is 11.9. The molecule has 0 aliphatic carbocycles. The molecule has 3 rings (SSSR count). The quantitative estimate of drug-likeness (QED) is 0.677. The number of rotatable bonds is 4. The van der Waals surface area contributed by atoms with Crippen molar-refractivity contribution in [1.29, 1.82) is 0 Å². The molecule has 0 saturated heterocycles. The smallest absolute Gasteiger partial charge is 0.316 e. The highest BCUT2D eigenvalue weighted by molar-refractivity contribution is 5.96. The van der Waals surface area contributed by atoms with E-state index in [4.69, 9.17) is 10.2 Å². The van der Waals surface area contributed by atoms with Gasteiger partial charge in [-0.2, -0.15) is 0 Å². The zero-order chi connectivity index (χ0) is 18.0. The number of fused-ring (bicyclic) bond motifs is 1. The summed E-state index contributed by atoms with van der Waals surface area (Å²) in [6.07, 6.45) is 1.85. The van der Waals surface area contributed by atoms with E-state index >= 15 is 0 Å². The Morgan fingerprint density at radius 1 is 1.00 bits per heavy atom. The van der Waals surface area contributed by atoms with Crippen LogP contribution in [-0.4, -0.2) is 11.9 Å².